The lowest BCUT2D eigenvalue weighted by molar-refractivity contribution is 0.0169. The van der Waals surface area contributed by atoms with Crippen molar-refractivity contribution in [1.82, 2.24) is 15.1 Å². The monoisotopic (exact) mass is 554 g/mol. The van der Waals surface area contributed by atoms with Gasteiger partial charge >= 0.3 is 0 Å². The number of benzene rings is 2. The molecule has 1 N–H and O–H groups in total. The highest BCUT2D eigenvalue weighted by Gasteiger charge is 2.23. The summed E-state index contributed by atoms with van der Waals surface area (Å²) in [7, 11) is 5.53. The first-order valence-electron chi connectivity index (χ1n) is 10.8. The van der Waals surface area contributed by atoms with Crippen LogP contribution >= 0.6 is 24.0 Å². The molecule has 1 saturated heterocycles. The minimum Gasteiger partial charge on any atom is -0.497 e. The lowest BCUT2D eigenvalue weighted by Gasteiger charge is -2.35. The molecule has 1 atom stereocenters. The van der Waals surface area contributed by atoms with Crippen LogP contribution in [-0.2, 0) is 4.74 Å². The van der Waals surface area contributed by atoms with Gasteiger partial charge in [-0.25, -0.2) is 0 Å². The van der Waals surface area contributed by atoms with Crippen molar-refractivity contribution < 1.29 is 14.2 Å². The molecule has 0 radical (unpaired) electrons. The third-order valence-corrected chi connectivity index (χ3v) is 5.45. The maximum absolute atomic E-state index is 5.82. The predicted octanol–water partition coefficient (Wildman–Crippen LogP) is 3.27. The van der Waals surface area contributed by atoms with E-state index in [9.17, 15) is 0 Å². The van der Waals surface area contributed by atoms with Gasteiger partial charge in [0.15, 0.2) is 5.96 Å². The molecule has 1 unspecified atom stereocenters. The molecule has 0 aromatic heterocycles. The van der Waals surface area contributed by atoms with Crippen molar-refractivity contribution in [2.24, 2.45) is 4.99 Å². The van der Waals surface area contributed by atoms with Crippen LogP contribution in [0.3, 0.4) is 0 Å². The van der Waals surface area contributed by atoms with Crippen LogP contribution in [0, 0.1) is 0 Å². The number of rotatable bonds is 9. The molecule has 0 spiro atoms. The van der Waals surface area contributed by atoms with Gasteiger partial charge in [0, 0.05) is 33.7 Å². The molecular formula is C24H35IN4O3. The van der Waals surface area contributed by atoms with Crippen molar-refractivity contribution in [2.45, 2.75) is 6.04 Å². The van der Waals surface area contributed by atoms with Gasteiger partial charge in [-0.05, 0) is 29.8 Å². The molecule has 0 aliphatic carbocycles. The molecule has 32 heavy (non-hydrogen) atoms. The van der Waals surface area contributed by atoms with Crippen molar-refractivity contribution in [3.8, 4) is 11.5 Å². The number of guanidine groups is 1. The Morgan fingerprint density at radius 3 is 2.41 bits per heavy atom. The van der Waals surface area contributed by atoms with E-state index in [-0.39, 0.29) is 30.0 Å². The lowest BCUT2D eigenvalue weighted by atomic mass is 10.0. The van der Waals surface area contributed by atoms with Gasteiger partial charge < -0.3 is 24.4 Å². The fourth-order valence-electron chi connectivity index (χ4n) is 3.67. The Balaban J connectivity index is 0.00000363. The Morgan fingerprint density at radius 2 is 1.78 bits per heavy atom. The summed E-state index contributed by atoms with van der Waals surface area (Å²) in [5, 5.41) is 3.55. The van der Waals surface area contributed by atoms with Crippen molar-refractivity contribution in [1.29, 1.82) is 0 Å². The summed E-state index contributed by atoms with van der Waals surface area (Å²) >= 11 is 0. The van der Waals surface area contributed by atoms with Crippen LogP contribution in [0.5, 0.6) is 11.5 Å². The Hall–Kier alpha value is -2.04. The van der Waals surface area contributed by atoms with E-state index >= 15 is 0 Å². The Bertz CT molecular complexity index is 799. The minimum absolute atomic E-state index is 0. The zero-order valence-corrected chi connectivity index (χ0v) is 21.5. The Kier molecular flexibility index (Phi) is 11.6. The molecule has 8 heteroatoms. The maximum atomic E-state index is 5.82. The number of nitrogens with zero attached hydrogens (tertiary/aromatic N) is 3. The second kappa shape index (κ2) is 14.2. The fraction of sp³-hybridized carbons (Fsp3) is 0.458. The number of likely N-dealkylation sites (N-methyl/N-ethyl adjacent to an activating group) is 1. The summed E-state index contributed by atoms with van der Waals surface area (Å²) in [4.78, 5) is 9.02. The van der Waals surface area contributed by atoms with E-state index in [0.29, 0.717) is 6.61 Å². The summed E-state index contributed by atoms with van der Waals surface area (Å²) in [5.41, 5.74) is 1.25. The van der Waals surface area contributed by atoms with Crippen LogP contribution in [-0.4, -0.2) is 83.0 Å². The van der Waals surface area contributed by atoms with Gasteiger partial charge in [-0.15, -0.1) is 24.0 Å². The second-order valence-corrected chi connectivity index (χ2v) is 7.45. The average Bonchev–Trinajstić information content (AvgIpc) is 2.83. The number of hydrogen-bond acceptors (Lipinski definition) is 5. The van der Waals surface area contributed by atoms with Gasteiger partial charge in [-0.2, -0.15) is 0 Å². The van der Waals surface area contributed by atoms with Gasteiger partial charge in [0.2, 0.25) is 0 Å². The van der Waals surface area contributed by atoms with E-state index in [2.05, 4.69) is 32.2 Å². The van der Waals surface area contributed by atoms with Gasteiger partial charge in [-0.3, -0.25) is 9.89 Å². The highest BCUT2D eigenvalue weighted by Crippen LogP contribution is 2.23. The molecule has 2 aromatic rings. The third kappa shape index (κ3) is 7.83. The van der Waals surface area contributed by atoms with Crippen molar-refractivity contribution in [3.05, 3.63) is 60.2 Å². The van der Waals surface area contributed by atoms with Crippen LogP contribution in [0.2, 0.25) is 0 Å². The first kappa shape index (κ1) is 26.2. The minimum atomic E-state index is 0. The summed E-state index contributed by atoms with van der Waals surface area (Å²) in [6, 6.07) is 18.4. The number of para-hydroxylation sites is 1. The molecule has 0 saturated carbocycles. The second-order valence-electron chi connectivity index (χ2n) is 7.45. The SMILES string of the molecule is CN=C(NCC(c1ccc(OC)cc1)N1CCOCC1)N(C)CCOc1ccccc1.I. The molecule has 0 amide bonds. The molecule has 3 rings (SSSR count). The molecule has 1 aliphatic rings. The van der Waals surface area contributed by atoms with Gasteiger partial charge in [-0.1, -0.05) is 30.3 Å². The highest BCUT2D eigenvalue weighted by atomic mass is 127. The van der Waals surface area contributed by atoms with E-state index in [0.717, 1.165) is 56.9 Å². The first-order valence-corrected chi connectivity index (χ1v) is 10.8. The van der Waals surface area contributed by atoms with E-state index in [1.165, 1.54) is 5.56 Å². The fourth-order valence-corrected chi connectivity index (χ4v) is 3.67. The Morgan fingerprint density at radius 1 is 1.09 bits per heavy atom. The van der Waals surface area contributed by atoms with E-state index in [1.807, 2.05) is 56.6 Å². The molecular weight excluding hydrogens is 519 g/mol. The maximum Gasteiger partial charge on any atom is 0.193 e. The smallest absolute Gasteiger partial charge is 0.193 e. The zero-order chi connectivity index (χ0) is 21.9. The van der Waals surface area contributed by atoms with E-state index in [1.54, 1.807) is 7.11 Å². The summed E-state index contributed by atoms with van der Waals surface area (Å²) in [5.74, 6) is 2.60. The van der Waals surface area contributed by atoms with E-state index < -0.39 is 0 Å². The van der Waals surface area contributed by atoms with Crippen LogP contribution in [0.15, 0.2) is 59.6 Å². The predicted molar refractivity (Wildman–Crippen MR) is 139 cm³/mol. The summed E-state index contributed by atoms with van der Waals surface area (Å²) in [6.07, 6.45) is 0. The van der Waals surface area contributed by atoms with Gasteiger partial charge in [0.05, 0.1) is 32.9 Å². The normalized spacial score (nSPS) is 15.4. The number of hydrogen-bond donors (Lipinski definition) is 1. The van der Waals surface area contributed by atoms with Crippen molar-refractivity contribution in [3.63, 3.8) is 0 Å². The topological polar surface area (TPSA) is 58.6 Å². The third-order valence-electron chi connectivity index (χ3n) is 5.45. The first-order chi connectivity index (χ1) is 15.2. The number of aliphatic imine (C=N–C) groups is 1. The van der Waals surface area contributed by atoms with Crippen LogP contribution in [0.4, 0.5) is 0 Å². The largest absolute Gasteiger partial charge is 0.497 e. The van der Waals surface area contributed by atoms with Crippen molar-refractivity contribution in [2.75, 3.05) is 67.2 Å². The standard InChI is InChI=1S/C24H34N4O3.HI/c1-25-24(27(2)13-18-31-22-7-5-4-6-8-22)26-19-23(28-14-16-30-17-15-28)20-9-11-21(29-3)12-10-20;/h4-12,23H,13-19H2,1-3H3,(H,25,26);1H. The molecule has 0 bridgehead atoms. The van der Waals surface area contributed by atoms with Crippen LogP contribution < -0.4 is 14.8 Å². The number of ether oxygens (including phenoxy) is 3. The molecule has 2 aromatic carbocycles. The molecule has 1 aliphatic heterocycles. The molecule has 1 fully saturated rings. The number of morpholine rings is 1. The average molecular weight is 554 g/mol. The van der Waals surface area contributed by atoms with Gasteiger partial charge in [0.25, 0.3) is 0 Å². The molecule has 1 heterocycles. The Labute approximate surface area is 208 Å². The van der Waals surface area contributed by atoms with Gasteiger partial charge in [0.1, 0.15) is 18.1 Å². The zero-order valence-electron chi connectivity index (χ0n) is 19.2. The van der Waals surface area contributed by atoms with Crippen molar-refractivity contribution >= 4 is 29.9 Å². The number of halogens is 1. The molecule has 176 valence electrons. The quantitative estimate of drug-likeness (QED) is 0.292. The van der Waals surface area contributed by atoms with E-state index in [4.69, 9.17) is 14.2 Å². The van der Waals surface area contributed by atoms with Crippen LogP contribution in [0.25, 0.3) is 0 Å². The lowest BCUT2D eigenvalue weighted by Crippen LogP contribution is -2.47. The summed E-state index contributed by atoms with van der Waals surface area (Å²) < 4.78 is 16.7. The number of nitrogens with one attached hydrogen (secondary N) is 1. The van der Waals surface area contributed by atoms with Crippen LogP contribution in [0.1, 0.15) is 11.6 Å². The molecule has 7 nitrogen and oxygen atoms in total. The highest BCUT2D eigenvalue weighted by molar-refractivity contribution is 14.0. The number of methoxy groups -OCH3 is 1. The summed E-state index contributed by atoms with van der Waals surface area (Å²) in [6.45, 7) is 5.43.